The average molecular weight is 284 g/mol. The molecule has 0 aliphatic heterocycles. The van der Waals surface area contributed by atoms with Gasteiger partial charge in [-0.05, 0) is 29.5 Å². The van der Waals surface area contributed by atoms with Crippen molar-refractivity contribution >= 4 is 17.5 Å². The Morgan fingerprint density at radius 1 is 1.37 bits per heavy atom. The minimum absolute atomic E-state index is 0.0157. The molecule has 0 radical (unpaired) electrons. The summed E-state index contributed by atoms with van der Waals surface area (Å²) in [6.07, 6.45) is 1.25. The molecule has 0 saturated heterocycles. The zero-order valence-corrected chi connectivity index (χ0v) is 12.8. The highest BCUT2D eigenvalue weighted by Crippen LogP contribution is 2.22. The fourth-order valence-corrected chi connectivity index (χ4v) is 2.00. The van der Waals surface area contributed by atoms with E-state index >= 15 is 0 Å². The minimum atomic E-state index is 0.0157. The molecule has 0 aromatic heterocycles. The quantitative estimate of drug-likeness (QED) is 0.899. The molecular weight excluding hydrogens is 262 g/mol. The Morgan fingerprint density at radius 3 is 2.58 bits per heavy atom. The molecule has 19 heavy (non-hydrogen) atoms. The van der Waals surface area contributed by atoms with Crippen molar-refractivity contribution in [2.75, 3.05) is 13.7 Å². The molecule has 0 unspecified atom stereocenters. The van der Waals surface area contributed by atoms with Gasteiger partial charge in [-0.15, -0.1) is 0 Å². The molecule has 0 heterocycles. The van der Waals surface area contributed by atoms with Crippen LogP contribution in [0, 0.1) is 5.41 Å². The Balaban J connectivity index is 2.43. The predicted octanol–water partition coefficient (Wildman–Crippen LogP) is 3.44. The summed E-state index contributed by atoms with van der Waals surface area (Å²) in [6, 6.07) is 5.59. The molecule has 0 aliphatic carbocycles. The van der Waals surface area contributed by atoms with E-state index in [0.717, 1.165) is 17.7 Å². The Bertz CT molecular complexity index is 438. The van der Waals surface area contributed by atoms with Gasteiger partial charge in [0.05, 0.1) is 7.11 Å². The summed E-state index contributed by atoms with van der Waals surface area (Å²) in [5, 5.41) is 3.59. The highest BCUT2D eigenvalue weighted by molar-refractivity contribution is 6.31. The van der Waals surface area contributed by atoms with Crippen LogP contribution in [0.1, 0.15) is 32.8 Å². The van der Waals surface area contributed by atoms with E-state index in [1.165, 1.54) is 0 Å². The first-order valence-corrected chi connectivity index (χ1v) is 6.79. The molecule has 1 aromatic carbocycles. The zero-order valence-electron chi connectivity index (χ0n) is 12.0. The molecule has 0 bridgehead atoms. The second-order valence-electron chi connectivity index (χ2n) is 5.79. The molecule has 0 spiro atoms. The molecule has 106 valence electrons. The maximum absolute atomic E-state index is 11.7. The van der Waals surface area contributed by atoms with Crippen LogP contribution in [-0.4, -0.2) is 19.6 Å². The van der Waals surface area contributed by atoms with Gasteiger partial charge in [0.15, 0.2) is 0 Å². The number of rotatable bonds is 5. The predicted molar refractivity (Wildman–Crippen MR) is 78.8 cm³/mol. The van der Waals surface area contributed by atoms with Gasteiger partial charge in [-0.1, -0.05) is 38.4 Å². The number of hydrogen-bond donors (Lipinski definition) is 1. The van der Waals surface area contributed by atoms with E-state index in [9.17, 15) is 4.79 Å². The number of methoxy groups -OCH3 is 1. The van der Waals surface area contributed by atoms with E-state index in [0.29, 0.717) is 18.0 Å². The third-order valence-electron chi connectivity index (χ3n) is 2.67. The highest BCUT2D eigenvalue weighted by atomic mass is 35.5. The van der Waals surface area contributed by atoms with Crippen molar-refractivity contribution in [2.24, 2.45) is 5.41 Å². The molecule has 0 saturated carbocycles. The first-order valence-electron chi connectivity index (χ1n) is 6.41. The summed E-state index contributed by atoms with van der Waals surface area (Å²) in [5.74, 6) is 0.822. The summed E-state index contributed by atoms with van der Waals surface area (Å²) < 4.78 is 5.09. The summed E-state index contributed by atoms with van der Waals surface area (Å²) >= 11 is 6.14. The Kier molecular flexibility index (Phi) is 5.67. The van der Waals surface area contributed by atoms with Crippen molar-refractivity contribution in [3.05, 3.63) is 28.8 Å². The van der Waals surface area contributed by atoms with Gasteiger partial charge in [0, 0.05) is 18.0 Å². The van der Waals surface area contributed by atoms with Crippen molar-refractivity contribution in [1.29, 1.82) is 0 Å². The zero-order chi connectivity index (χ0) is 14.5. The first-order chi connectivity index (χ1) is 8.81. The molecule has 1 rings (SSSR count). The lowest BCUT2D eigenvalue weighted by atomic mass is 9.92. The van der Waals surface area contributed by atoms with E-state index in [4.69, 9.17) is 16.3 Å². The van der Waals surface area contributed by atoms with Crippen molar-refractivity contribution in [3.63, 3.8) is 0 Å². The second kappa shape index (κ2) is 6.80. The third-order valence-corrected chi connectivity index (χ3v) is 3.02. The van der Waals surface area contributed by atoms with Crippen LogP contribution >= 0.6 is 11.6 Å². The standard InChI is InChI=1S/C15H22ClNO2/c1-15(2,3)10-14(18)17-8-7-11-5-6-12(19-4)9-13(11)16/h5-6,9H,7-8,10H2,1-4H3,(H,17,18). The summed E-state index contributed by atoms with van der Waals surface area (Å²) in [7, 11) is 1.61. The van der Waals surface area contributed by atoms with Crippen LogP contribution in [0.25, 0.3) is 0 Å². The molecule has 4 heteroatoms. The van der Waals surface area contributed by atoms with Crippen molar-refractivity contribution < 1.29 is 9.53 Å². The van der Waals surface area contributed by atoms with Gasteiger partial charge < -0.3 is 10.1 Å². The molecule has 1 amide bonds. The minimum Gasteiger partial charge on any atom is -0.497 e. The molecule has 0 fully saturated rings. The lowest BCUT2D eigenvalue weighted by Gasteiger charge is -2.17. The maximum atomic E-state index is 11.7. The molecule has 1 aromatic rings. The Morgan fingerprint density at radius 2 is 2.05 bits per heavy atom. The first kappa shape index (κ1) is 15.8. The molecular formula is C15H22ClNO2. The monoisotopic (exact) mass is 283 g/mol. The third kappa shape index (κ3) is 5.97. The number of benzene rings is 1. The van der Waals surface area contributed by atoms with Crippen molar-refractivity contribution in [3.8, 4) is 5.75 Å². The maximum Gasteiger partial charge on any atom is 0.220 e. The van der Waals surface area contributed by atoms with Crippen molar-refractivity contribution in [1.82, 2.24) is 5.32 Å². The smallest absolute Gasteiger partial charge is 0.220 e. The number of carbonyl (C=O) groups is 1. The van der Waals surface area contributed by atoms with Gasteiger partial charge in [-0.2, -0.15) is 0 Å². The van der Waals surface area contributed by atoms with Gasteiger partial charge in [0.1, 0.15) is 5.75 Å². The number of amides is 1. The van der Waals surface area contributed by atoms with Gasteiger partial charge in [0.2, 0.25) is 5.91 Å². The van der Waals surface area contributed by atoms with E-state index in [1.54, 1.807) is 13.2 Å². The molecule has 0 aliphatic rings. The molecule has 0 atom stereocenters. The largest absolute Gasteiger partial charge is 0.497 e. The topological polar surface area (TPSA) is 38.3 Å². The molecule has 1 N–H and O–H groups in total. The summed E-state index contributed by atoms with van der Waals surface area (Å²) in [6.45, 7) is 6.74. The fourth-order valence-electron chi connectivity index (χ4n) is 1.74. The van der Waals surface area contributed by atoms with Crippen LogP contribution in [0.5, 0.6) is 5.75 Å². The number of carbonyl (C=O) groups excluding carboxylic acids is 1. The van der Waals surface area contributed by atoms with E-state index in [-0.39, 0.29) is 11.3 Å². The van der Waals surface area contributed by atoms with E-state index in [2.05, 4.69) is 5.32 Å². The van der Waals surface area contributed by atoms with Crippen LogP contribution < -0.4 is 10.1 Å². The number of ether oxygens (including phenoxy) is 1. The molecule has 3 nitrogen and oxygen atoms in total. The normalized spacial score (nSPS) is 11.2. The highest BCUT2D eigenvalue weighted by Gasteiger charge is 2.15. The summed E-state index contributed by atoms with van der Waals surface area (Å²) in [5.41, 5.74) is 1.03. The van der Waals surface area contributed by atoms with E-state index in [1.807, 2.05) is 32.9 Å². The van der Waals surface area contributed by atoms with Gasteiger partial charge >= 0.3 is 0 Å². The SMILES string of the molecule is COc1ccc(CCNC(=O)CC(C)(C)C)c(Cl)c1. The second-order valence-corrected chi connectivity index (χ2v) is 6.20. The van der Waals surface area contributed by atoms with Crippen LogP contribution in [0.2, 0.25) is 5.02 Å². The summed E-state index contributed by atoms with van der Waals surface area (Å²) in [4.78, 5) is 11.7. The number of hydrogen-bond acceptors (Lipinski definition) is 2. The van der Waals surface area contributed by atoms with Crippen LogP contribution in [0.4, 0.5) is 0 Å². The Hall–Kier alpha value is -1.22. The van der Waals surface area contributed by atoms with Gasteiger partial charge in [0.25, 0.3) is 0 Å². The van der Waals surface area contributed by atoms with Gasteiger partial charge in [-0.3, -0.25) is 4.79 Å². The van der Waals surface area contributed by atoms with Crippen LogP contribution in [0.3, 0.4) is 0 Å². The van der Waals surface area contributed by atoms with E-state index < -0.39 is 0 Å². The fraction of sp³-hybridized carbons (Fsp3) is 0.533. The van der Waals surface area contributed by atoms with Gasteiger partial charge in [-0.25, -0.2) is 0 Å². The average Bonchev–Trinajstić information content (AvgIpc) is 2.28. The number of halogens is 1. The van der Waals surface area contributed by atoms with Crippen molar-refractivity contribution in [2.45, 2.75) is 33.6 Å². The van der Waals surface area contributed by atoms with Crippen LogP contribution in [-0.2, 0) is 11.2 Å². The number of nitrogens with one attached hydrogen (secondary N) is 1. The lowest BCUT2D eigenvalue weighted by molar-refractivity contribution is -0.122. The lowest BCUT2D eigenvalue weighted by Crippen LogP contribution is -2.29. The van der Waals surface area contributed by atoms with Crippen LogP contribution in [0.15, 0.2) is 18.2 Å². The Labute approximate surface area is 120 Å².